The lowest BCUT2D eigenvalue weighted by Crippen LogP contribution is -2.17. The monoisotopic (exact) mass is 501 g/mol. The van der Waals surface area contributed by atoms with Gasteiger partial charge in [-0.2, -0.15) is 18.3 Å². The van der Waals surface area contributed by atoms with Crippen molar-refractivity contribution in [1.29, 1.82) is 0 Å². The third-order valence-electron chi connectivity index (χ3n) is 3.93. The van der Waals surface area contributed by atoms with Crippen molar-refractivity contribution in [3.05, 3.63) is 80.9 Å². The van der Waals surface area contributed by atoms with Crippen LogP contribution < -0.4 is 5.32 Å². The highest BCUT2D eigenvalue weighted by Crippen LogP contribution is 2.22. The number of benzene rings is 2. The topological polar surface area (TPSA) is 56.2 Å². The molecular weight excluding hydrogens is 487 g/mol. The Kier molecular flexibility index (Phi) is 7.17. The van der Waals surface area contributed by atoms with Gasteiger partial charge in [-0.1, -0.05) is 35.9 Å². The predicted octanol–water partition coefficient (Wildman–Crippen LogP) is 5.68. The van der Waals surface area contributed by atoms with E-state index < -0.39 is 18.7 Å². The van der Waals surface area contributed by atoms with Crippen LogP contribution in [0.25, 0.3) is 0 Å². The van der Waals surface area contributed by atoms with Crippen LogP contribution in [0.4, 0.5) is 19.0 Å². The molecule has 0 saturated carbocycles. The van der Waals surface area contributed by atoms with Gasteiger partial charge in [0.25, 0.3) is 5.91 Å². The number of hydrogen-bond donors (Lipinski definition) is 1. The van der Waals surface area contributed by atoms with Crippen molar-refractivity contribution in [2.45, 2.75) is 19.3 Å². The first kappa shape index (κ1) is 22.3. The number of rotatable bonds is 7. The van der Waals surface area contributed by atoms with Gasteiger partial charge in [0, 0.05) is 16.8 Å². The smallest absolute Gasteiger partial charge is 0.367 e. The van der Waals surface area contributed by atoms with Gasteiger partial charge in [0.05, 0.1) is 17.6 Å². The minimum Gasteiger partial charge on any atom is -0.367 e. The minimum absolute atomic E-state index is 0.250. The van der Waals surface area contributed by atoms with Crippen LogP contribution in [0.2, 0.25) is 5.02 Å². The molecule has 1 N–H and O–H groups in total. The molecule has 0 aliphatic carbocycles. The van der Waals surface area contributed by atoms with Crippen LogP contribution in [0, 0.1) is 0 Å². The zero-order chi connectivity index (χ0) is 21.7. The summed E-state index contributed by atoms with van der Waals surface area (Å²) < 4.78 is 43.5. The highest BCUT2D eigenvalue weighted by atomic mass is 79.9. The lowest BCUT2D eigenvalue weighted by molar-refractivity contribution is -0.176. The molecule has 2 aromatic carbocycles. The maximum absolute atomic E-state index is 12.5. The summed E-state index contributed by atoms with van der Waals surface area (Å²) in [6.45, 7) is -1.11. The van der Waals surface area contributed by atoms with Gasteiger partial charge in [0.15, 0.2) is 5.82 Å². The molecule has 5 nitrogen and oxygen atoms in total. The van der Waals surface area contributed by atoms with Gasteiger partial charge in [-0.05, 0) is 51.3 Å². The van der Waals surface area contributed by atoms with Crippen LogP contribution in [0.15, 0.2) is 59.2 Å². The highest BCUT2D eigenvalue weighted by Gasteiger charge is 2.27. The van der Waals surface area contributed by atoms with Crippen LogP contribution in [-0.4, -0.2) is 28.5 Å². The first-order valence-electron chi connectivity index (χ1n) is 8.72. The lowest BCUT2D eigenvalue weighted by Gasteiger charge is -2.09. The molecule has 0 unspecified atom stereocenters. The summed E-state index contributed by atoms with van der Waals surface area (Å²) in [5.74, 6) is -0.113. The van der Waals surface area contributed by atoms with Crippen LogP contribution in [0.1, 0.15) is 21.5 Å². The molecule has 0 bridgehead atoms. The van der Waals surface area contributed by atoms with E-state index in [1.54, 1.807) is 41.2 Å². The molecule has 0 saturated heterocycles. The summed E-state index contributed by atoms with van der Waals surface area (Å²) in [5.41, 5.74) is 1.72. The van der Waals surface area contributed by atoms with E-state index in [-0.39, 0.29) is 12.2 Å². The molecule has 1 heterocycles. The summed E-state index contributed by atoms with van der Waals surface area (Å²) in [5, 5.41) is 7.68. The van der Waals surface area contributed by atoms with Crippen molar-refractivity contribution in [2.24, 2.45) is 0 Å². The summed E-state index contributed by atoms with van der Waals surface area (Å²) in [4.78, 5) is 12.5. The number of alkyl halides is 3. The largest absolute Gasteiger partial charge is 0.411 e. The zero-order valence-electron chi connectivity index (χ0n) is 15.4. The van der Waals surface area contributed by atoms with Crippen molar-refractivity contribution in [3.8, 4) is 0 Å². The normalized spacial score (nSPS) is 11.5. The Labute approximate surface area is 183 Å². The molecule has 3 aromatic rings. The number of hydrogen-bond acceptors (Lipinski definition) is 3. The van der Waals surface area contributed by atoms with E-state index in [1.807, 2.05) is 12.1 Å². The van der Waals surface area contributed by atoms with Crippen molar-refractivity contribution in [2.75, 3.05) is 11.9 Å². The van der Waals surface area contributed by atoms with Crippen molar-refractivity contribution in [1.82, 2.24) is 9.78 Å². The van der Waals surface area contributed by atoms with Gasteiger partial charge in [-0.15, -0.1) is 0 Å². The second-order valence-electron chi connectivity index (χ2n) is 6.41. The fourth-order valence-electron chi connectivity index (χ4n) is 2.61. The van der Waals surface area contributed by atoms with E-state index in [4.69, 9.17) is 11.6 Å². The molecule has 0 aliphatic rings. The predicted molar refractivity (Wildman–Crippen MR) is 111 cm³/mol. The van der Waals surface area contributed by atoms with Crippen molar-refractivity contribution >= 4 is 39.3 Å². The van der Waals surface area contributed by atoms with Gasteiger partial charge in [0.1, 0.15) is 6.61 Å². The number of nitrogens with one attached hydrogen (secondary N) is 1. The Balaban J connectivity index is 1.63. The molecule has 30 heavy (non-hydrogen) atoms. The van der Waals surface area contributed by atoms with Gasteiger partial charge < -0.3 is 10.1 Å². The number of amides is 1. The highest BCUT2D eigenvalue weighted by molar-refractivity contribution is 9.10. The average molecular weight is 503 g/mol. The number of carbonyl (C=O) groups is 1. The number of carbonyl (C=O) groups excluding carboxylic acids is 1. The second-order valence-corrected chi connectivity index (χ2v) is 7.70. The number of ether oxygens (including phenoxy) is 1. The number of aromatic nitrogens is 2. The van der Waals surface area contributed by atoms with E-state index in [0.29, 0.717) is 27.4 Å². The number of halogens is 5. The molecule has 0 atom stereocenters. The van der Waals surface area contributed by atoms with Gasteiger partial charge in [0.2, 0.25) is 0 Å². The first-order valence-corrected chi connectivity index (χ1v) is 9.89. The Morgan fingerprint density at radius 2 is 1.90 bits per heavy atom. The van der Waals surface area contributed by atoms with Crippen LogP contribution in [0.5, 0.6) is 0 Å². The molecule has 10 heteroatoms. The Hall–Kier alpha value is -2.36. The molecular formula is C20H16BrClF3N3O2. The Morgan fingerprint density at radius 1 is 1.17 bits per heavy atom. The molecule has 0 aliphatic heterocycles. The molecule has 1 amide bonds. The summed E-state index contributed by atoms with van der Waals surface area (Å²) >= 11 is 9.25. The minimum atomic E-state index is -4.40. The van der Waals surface area contributed by atoms with Crippen LogP contribution in [-0.2, 0) is 17.9 Å². The standard InChI is InChI=1S/C20H16BrClF3N3O2/c21-17-10-28(9-13-4-6-16(22)7-5-13)27-18(17)26-19(29)15-3-1-2-14(8-15)11-30-12-20(23,24)25/h1-8,10H,9,11-12H2,(H,26,27,29). The van der Waals surface area contributed by atoms with Crippen molar-refractivity contribution < 1.29 is 22.7 Å². The summed E-state index contributed by atoms with van der Waals surface area (Å²) in [6, 6.07) is 13.5. The second kappa shape index (κ2) is 9.63. The summed E-state index contributed by atoms with van der Waals surface area (Å²) in [7, 11) is 0. The van der Waals surface area contributed by atoms with Gasteiger partial charge in [-0.25, -0.2) is 0 Å². The van der Waals surface area contributed by atoms with Crippen LogP contribution >= 0.6 is 27.5 Å². The molecule has 0 fully saturated rings. The van der Waals surface area contributed by atoms with E-state index in [2.05, 4.69) is 31.1 Å². The van der Waals surface area contributed by atoms with E-state index in [0.717, 1.165) is 5.56 Å². The summed E-state index contributed by atoms with van der Waals surface area (Å²) in [6.07, 6.45) is -2.67. The number of nitrogens with zero attached hydrogens (tertiary/aromatic N) is 2. The third-order valence-corrected chi connectivity index (χ3v) is 4.76. The van der Waals surface area contributed by atoms with Gasteiger partial charge in [-0.3, -0.25) is 9.48 Å². The maximum Gasteiger partial charge on any atom is 0.411 e. The van der Waals surface area contributed by atoms with E-state index in [1.165, 1.54) is 6.07 Å². The fraction of sp³-hybridized carbons (Fsp3) is 0.200. The van der Waals surface area contributed by atoms with E-state index >= 15 is 0 Å². The number of anilines is 1. The quantitative estimate of drug-likeness (QED) is 0.452. The Bertz CT molecular complexity index is 1020. The fourth-order valence-corrected chi connectivity index (χ4v) is 3.15. The SMILES string of the molecule is O=C(Nc1nn(Cc2ccc(Cl)cc2)cc1Br)c1cccc(COCC(F)(F)F)c1. The molecule has 1 aromatic heterocycles. The van der Waals surface area contributed by atoms with Crippen LogP contribution in [0.3, 0.4) is 0 Å². The lowest BCUT2D eigenvalue weighted by atomic mass is 10.1. The maximum atomic E-state index is 12.5. The average Bonchev–Trinajstić information content (AvgIpc) is 3.01. The zero-order valence-corrected chi connectivity index (χ0v) is 17.8. The third kappa shape index (κ3) is 6.58. The van der Waals surface area contributed by atoms with E-state index in [9.17, 15) is 18.0 Å². The Morgan fingerprint density at radius 3 is 2.60 bits per heavy atom. The molecule has 0 spiro atoms. The molecule has 158 valence electrons. The van der Waals surface area contributed by atoms with Gasteiger partial charge >= 0.3 is 6.18 Å². The molecule has 0 radical (unpaired) electrons. The molecule has 3 rings (SSSR count). The first-order chi connectivity index (χ1) is 14.2. The van der Waals surface area contributed by atoms with Crippen molar-refractivity contribution in [3.63, 3.8) is 0 Å².